The highest BCUT2D eigenvalue weighted by molar-refractivity contribution is 5.85. The largest absolute Gasteiger partial charge is 0.481 e. The van der Waals surface area contributed by atoms with Gasteiger partial charge in [0.2, 0.25) is 0 Å². The van der Waals surface area contributed by atoms with Crippen molar-refractivity contribution < 1.29 is 19.8 Å². The Bertz CT molecular complexity index is 290. The van der Waals surface area contributed by atoms with Gasteiger partial charge in [0.1, 0.15) is 5.54 Å². The minimum absolute atomic E-state index is 0.00130. The summed E-state index contributed by atoms with van der Waals surface area (Å²) in [4.78, 5) is 21.4. The molecule has 0 aromatic rings. The Kier molecular flexibility index (Phi) is 1.46. The maximum atomic E-state index is 10.8. The molecule has 2 saturated carbocycles. The van der Waals surface area contributed by atoms with Crippen LogP contribution in [-0.2, 0) is 9.59 Å². The molecule has 1 unspecified atom stereocenters. The van der Waals surface area contributed by atoms with Gasteiger partial charge in [-0.2, -0.15) is 0 Å². The summed E-state index contributed by atoms with van der Waals surface area (Å²) < 4.78 is 0. The topological polar surface area (TPSA) is 101 Å². The molecule has 0 aromatic heterocycles. The third-order valence-electron chi connectivity index (χ3n) is 3.34. The predicted molar refractivity (Wildman–Crippen MR) is 41.9 cm³/mol. The fourth-order valence-electron chi connectivity index (χ4n) is 2.59. The Labute approximate surface area is 74.5 Å². The number of aliphatic carboxylic acids is 2. The minimum atomic E-state index is -1.28. The second-order valence-electron chi connectivity index (χ2n) is 3.94. The van der Waals surface area contributed by atoms with Crippen molar-refractivity contribution in [1.82, 2.24) is 0 Å². The molecule has 72 valence electrons. The number of fused-ring (bicyclic) bond motifs is 1. The van der Waals surface area contributed by atoms with E-state index in [2.05, 4.69) is 0 Å². The van der Waals surface area contributed by atoms with Gasteiger partial charge in [0.05, 0.1) is 5.92 Å². The first-order chi connectivity index (χ1) is 5.98. The standard InChI is InChI=1S/C8H11NO4/c9-8(7(12)13)2-1-3-4(5(3)8)6(10)11/h3-5H,1-2,9H2,(H,10,11)(H,12,13)/t3-,4+,5?,8-/m1/s1. The number of carbonyl (C=O) groups is 2. The number of rotatable bonds is 2. The molecule has 0 saturated heterocycles. The molecule has 0 bridgehead atoms. The van der Waals surface area contributed by atoms with Crippen molar-refractivity contribution in [2.45, 2.75) is 18.4 Å². The van der Waals surface area contributed by atoms with Crippen LogP contribution in [0.3, 0.4) is 0 Å². The first-order valence-electron chi connectivity index (χ1n) is 4.23. The van der Waals surface area contributed by atoms with Gasteiger partial charge >= 0.3 is 11.9 Å². The molecule has 0 radical (unpaired) electrons. The second kappa shape index (κ2) is 2.23. The number of hydrogen-bond acceptors (Lipinski definition) is 3. The lowest BCUT2D eigenvalue weighted by molar-refractivity contribution is -0.145. The Morgan fingerprint density at radius 1 is 1.38 bits per heavy atom. The number of carboxylic acids is 2. The van der Waals surface area contributed by atoms with Gasteiger partial charge in [-0.1, -0.05) is 0 Å². The molecule has 5 nitrogen and oxygen atoms in total. The van der Waals surface area contributed by atoms with Gasteiger partial charge in [0.15, 0.2) is 0 Å². The average Bonchev–Trinajstić information content (AvgIpc) is 2.66. The van der Waals surface area contributed by atoms with Crippen LogP contribution in [0.4, 0.5) is 0 Å². The highest BCUT2D eigenvalue weighted by Gasteiger charge is 2.69. The first kappa shape index (κ1) is 8.50. The third-order valence-corrected chi connectivity index (χ3v) is 3.34. The van der Waals surface area contributed by atoms with Crippen molar-refractivity contribution in [3.63, 3.8) is 0 Å². The zero-order chi connectivity index (χ0) is 9.80. The number of carboxylic acid groups (broad SMARTS) is 2. The second-order valence-corrected chi connectivity index (χ2v) is 3.94. The smallest absolute Gasteiger partial charge is 0.324 e. The SMILES string of the molecule is N[C@]1(C(=O)O)CC[C@H]2C1[C@H]2C(=O)O. The summed E-state index contributed by atoms with van der Waals surface area (Å²) in [6, 6.07) is 0. The van der Waals surface area contributed by atoms with Gasteiger partial charge in [0.25, 0.3) is 0 Å². The molecule has 0 spiro atoms. The summed E-state index contributed by atoms with van der Waals surface area (Å²) in [5, 5.41) is 17.6. The maximum Gasteiger partial charge on any atom is 0.324 e. The van der Waals surface area contributed by atoms with Gasteiger partial charge in [-0.05, 0) is 18.8 Å². The van der Waals surface area contributed by atoms with Crippen molar-refractivity contribution >= 4 is 11.9 Å². The zero-order valence-corrected chi connectivity index (χ0v) is 6.93. The van der Waals surface area contributed by atoms with Crippen LogP contribution in [0.5, 0.6) is 0 Å². The van der Waals surface area contributed by atoms with Gasteiger partial charge in [-0.25, -0.2) is 0 Å². The van der Waals surface area contributed by atoms with Gasteiger partial charge < -0.3 is 15.9 Å². The minimum Gasteiger partial charge on any atom is -0.481 e. The third kappa shape index (κ3) is 0.904. The molecule has 0 aliphatic heterocycles. The Morgan fingerprint density at radius 3 is 2.38 bits per heavy atom. The van der Waals surface area contributed by atoms with E-state index in [1.807, 2.05) is 0 Å². The van der Waals surface area contributed by atoms with Crippen molar-refractivity contribution in [3.05, 3.63) is 0 Å². The lowest BCUT2D eigenvalue weighted by Gasteiger charge is -2.20. The average molecular weight is 185 g/mol. The van der Waals surface area contributed by atoms with Crippen LogP contribution in [0.25, 0.3) is 0 Å². The van der Waals surface area contributed by atoms with Crippen LogP contribution in [0.2, 0.25) is 0 Å². The lowest BCUT2D eigenvalue weighted by atomic mass is 9.92. The zero-order valence-electron chi connectivity index (χ0n) is 6.93. The van der Waals surface area contributed by atoms with Crippen LogP contribution < -0.4 is 5.73 Å². The van der Waals surface area contributed by atoms with Crippen molar-refractivity contribution in [1.29, 1.82) is 0 Å². The summed E-state index contributed by atoms with van der Waals surface area (Å²) in [5.41, 5.74) is 4.37. The van der Waals surface area contributed by atoms with Crippen LogP contribution in [0, 0.1) is 17.8 Å². The molecular weight excluding hydrogens is 174 g/mol. The molecule has 2 fully saturated rings. The molecule has 2 rings (SSSR count). The van der Waals surface area contributed by atoms with Crippen LogP contribution in [0.15, 0.2) is 0 Å². The summed E-state index contributed by atoms with van der Waals surface area (Å²) in [5.74, 6) is -2.84. The number of hydrogen-bond donors (Lipinski definition) is 3. The van der Waals surface area contributed by atoms with E-state index in [4.69, 9.17) is 15.9 Å². The Hall–Kier alpha value is -1.10. The lowest BCUT2D eigenvalue weighted by Crippen LogP contribution is -2.49. The van der Waals surface area contributed by atoms with Crippen LogP contribution >= 0.6 is 0 Å². The summed E-state index contributed by atoms with van der Waals surface area (Å²) in [6.07, 6.45) is 1.03. The first-order valence-corrected chi connectivity index (χ1v) is 4.23. The number of nitrogens with two attached hydrogens (primary N) is 1. The highest BCUT2D eigenvalue weighted by atomic mass is 16.4. The fraction of sp³-hybridized carbons (Fsp3) is 0.750. The maximum absolute atomic E-state index is 10.8. The Morgan fingerprint density at radius 2 is 2.00 bits per heavy atom. The molecule has 4 N–H and O–H groups in total. The Balaban J connectivity index is 2.20. The molecule has 0 aromatic carbocycles. The van der Waals surface area contributed by atoms with Crippen molar-refractivity contribution in [2.24, 2.45) is 23.5 Å². The van der Waals surface area contributed by atoms with E-state index in [0.29, 0.717) is 12.8 Å². The van der Waals surface area contributed by atoms with E-state index in [9.17, 15) is 9.59 Å². The molecule has 2 aliphatic rings. The van der Waals surface area contributed by atoms with E-state index in [1.165, 1.54) is 0 Å². The quantitative estimate of drug-likeness (QED) is 0.539. The highest BCUT2D eigenvalue weighted by Crippen LogP contribution is 2.61. The fourth-order valence-corrected chi connectivity index (χ4v) is 2.59. The van der Waals surface area contributed by atoms with E-state index < -0.39 is 23.4 Å². The molecule has 5 heteroatoms. The summed E-state index contributed by atoms with van der Waals surface area (Å²) in [7, 11) is 0. The van der Waals surface area contributed by atoms with E-state index in [0.717, 1.165) is 0 Å². The predicted octanol–water partition coefficient (Wildman–Crippen LogP) is -0.491. The van der Waals surface area contributed by atoms with Crippen molar-refractivity contribution in [2.75, 3.05) is 0 Å². The van der Waals surface area contributed by atoms with E-state index in [1.54, 1.807) is 0 Å². The molecule has 2 aliphatic carbocycles. The monoisotopic (exact) mass is 185 g/mol. The van der Waals surface area contributed by atoms with E-state index in [-0.39, 0.29) is 11.8 Å². The summed E-state index contributed by atoms with van der Waals surface area (Å²) in [6.45, 7) is 0. The van der Waals surface area contributed by atoms with Crippen LogP contribution in [-0.4, -0.2) is 27.7 Å². The normalized spacial score (nSPS) is 47.0. The molecular formula is C8H11NO4. The van der Waals surface area contributed by atoms with Crippen molar-refractivity contribution in [3.8, 4) is 0 Å². The molecule has 13 heavy (non-hydrogen) atoms. The summed E-state index contributed by atoms with van der Waals surface area (Å²) >= 11 is 0. The van der Waals surface area contributed by atoms with E-state index >= 15 is 0 Å². The van der Waals surface area contributed by atoms with Gasteiger partial charge in [-0.15, -0.1) is 0 Å². The van der Waals surface area contributed by atoms with Gasteiger partial charge in [0, 0.05) is 5.92 Å². The molecule has 4 atom stereocenters. The van der Waals surface area contributed by atoms with Crippen LogP contribution in [0.1, 0.15) is 12.8 Å². The van der Waals surface area contributed by atoms with Gasteiger partial charge in [-0.3, -0.25) is 9.59 Å². The molecule has 0 heterocycles. The molecule has 0 amide bonds.